The highest BCUT2D eigenvalue weighted by Crippen LogP contribution is 2.31. The number of aromatic nitrogens is 1. The second-order valence-corrected chi connectivity index (χ2v) is 7.62. The molecule has 128 valence electrons. The van der Waals surface area contributed by atoms with Crippen molar-refractivity contribution in [3.05, 3.63) is 22.4 Å². The molecule has 8 heteroatoms. The van der Waals surface area contributed by atoms with E-state index in [0.717, 1.165) is 28.3 Å². The summed E-state index contributed by atoms with van der Waals surface area (Å²) in [5.41, 5.74) is 0.848. The van der Waals surface area contributed by atoms with Crippen molar-refractivity contribution in [1.29, 1.82) is 0 Å². The number of nitrogens with one attached hydrogen (secondary N) is 2. The number of nitrogens with zero attached hydrogens (tertiary/aromatic N) is 1. The third-order valence-electron chi connectivity index (χ3n) is 3.75. The van der Waals surface area contributed by atoms with Crippen LogP contribution >= 0.6 is 22.7 Å². The summed E-state index contributed by atoms with van der Waals surface area (Å²) in [4.78, 5) is 29.8. The number of hydrogen-bond donors (Lipinski definition) is 2. The standard InChI is InChI=1S/C16H19N3O3S2/c1-10(20)17-8-12-2-3-14(24-12)13-9-23-16(18-13)19-15(21)11-4-6-22-7-5-11/h2-3,9,11H,4-8H2,1H3,(H,17,20)(H,18,19,21). The molecule has 0 bridgehead atoms. The highest BCUT2D eigenvalue weighted by molar-refractivity contribution is 7.17. The first kappa shape index (κ1) is 17.1. The van der Waals surface area contributed by atoms with E-state index in [1.54, 1.807) is 11.3 Å². The lowest BCUT2D eigenvalue weighted by Gasteiger charge is -2.20. The SMILES string of the molecule is CC(=O)NCc1ccc(-c2csc(NC(=O)C3CCOCC3)n2)s1. The van der Waals surface area contributed by atoms with E-state index in [-0.39, 0.29) is 17.7 Å². The van der Waals surface area contributed by atoms with Gasteiger partial charge in [0.15, 0.2) is 5.13 Å². The van der Waals surface area contributed by atoms with Gasteiger partial charge in [-0.3, -0.25) is 9.59 Å². The summed E-state index contributed by atoms with van der Waals surface area (Å²) in [6.45, 7) is 3.32. The van der Waals surface area contributed by atoms with Gasteiger partial charge in [0.25, 0.3) is 0 Å². The van der Waals surface area contributed by atoms with Crippen molar-refractivity contribution in [2.45, 2.75) is 26.3 Å². The molecular formula is C16H19N3O3S2. The van der Waals surface area contributed by atoms with Crippen molar-refractivity contribution in [1.82, 2.24) is 10.3 Å². The average Bonchev–Trinajstić information content (AvgIpc) is 3.22. The first-order valence-electron chi connectivity index (χ1n) is 7.79. The Bertz CT molecular complexity index is 720. The Morgan fingerprint density at radius 3 is 2.88 bits per heavy atom. The fourth-order valence-corrected chi connectivity index (χ4v) is 4.13. The Balaban J connectivity index is 1.60. The number of rotatable bonds is 5. The van der Waals surface area contributed by atoms with Gasteiger partial charge in [0.1, 0.15) is 0 Å². The molecule has 2 amide bonds. The van der Waals surface area contributed by atoms with E-state index in [1.807, 2.05) is 17.5 Å². The molecule has 0 aliphatic carbocycles. The maximum absolute atomic E-state index is 12.2. The van der Waals surface area contributed by atoms with Crippen LogP contribution in [0.4, 0.5) is 5.13 Å². The molecule has 24 heavy (non-hydrogen) atoms. The van der Waals surface area contributed by atoms with Crippen molar-refractivity contribution in [2.75, 3.05) is 18.5 Å². The molecule has 2 aromatic rings. The smallest absolute Gasteiger partial charge is 0.229 e. The summed E-state index contributed by atoms with van der Waals surface area (Å²) in [7, 11) is 0. The fraction of sp³-hybridized carbons (Fsp3) is 0.438. The molecule has 1 aliphatic heterocycles. The largest absolute Gasteiger partial charge is 0.381 e. The molecule has 6 nitrogen and oxygen atoms in total. The first-order chi connectivity index (χ1) is 11.6. The molecule has 3 heterocycles. The van der Waals surface area contributed by atoms with Crippen LogP contribution in [0.1, 0.15) is 24.6 Å². The van der Waals surface area contributed by atoms with Gasteiger partial charge >= 0.3 is 0 Å². The quantitative estimate of drug-likeness (QED) is 0.854. The number of carbonyl (C=O) groups is 2. The zero-order valence-electron chi connectivity index (χ0n) is 13.3. The highest BCUT2D eigenvalue weighted by Gasteiger charge is 2.22. The normalized spacial score (nSPS) is 15.2. The van der Waals surface area contributed by atoms with E-state index in [1.165, 1.54) is 18.3 Å². The van der Waals surface area contributed by atoms with Crippen molar-refractivity contribution < 1.29 is 14.3 Å². The zero-order valence-corrected chi connectivity index (χ0v) is 15.0. The lowest BCUT2D eigenvalue weighted by Crippen LogP contribution is -2.28. The number of thiazole rings is 1. The minimum Gasteiger partial charge on any atom is -0.381 e. The molecule has 0 aromatic carbocycles. The van der Waals surface area contributed by atoms with Crippen molar-refractivity contribution in [2.24, 2.45) is 5.92 Å². The van der Waals surface area contributed by atoms with E-state index in [9.17, 15) is 9.59 Å². The van der Waals surface area contributed by atoms with Crippen LogP contribution in [0.15, 0.2) is 17.5 Å². The van der Waals surface area contributed by atoms with Gasteiger partial charge in [-0.2, -0.15) is 0 Å². The molecule has 1 saturated heterocycles. The minimum atomic E-state index is -0.0447. The maximum Gasteiger partial charge on any atom is 0.229 e. The van der Waals surface area contributed by atoms with Crippen molar-refractivity contribution >= 4 is 39.6 Å². The molecule has 1 fully saturated rings. The summed E-state index contributed by atoms with van der Waals surface area (Å²) in [5.74, 6) is -0.00876. The summed E-state index contributed by atoms with van der Waals surface area (Å²) in [6.07, 6.45) is 1.53. The number of anilines is 1. The molecule has 2 aromatic heterocycles. The van der Waals surface area contributed by atoms with Gasteiger partial charge in [-0.05, 0) is 25.0 Å². The number of hydrogen-bond acceptors (Lipinski definition) is 6. The molecular weight excluding hydrogens is 346 g/mol. The summed E-state index contributed by atoms with van der Waals surface area (Å²) < 4.78 is 5.28. The van der Waals surface area contributed by atoms with E-state index in [2.05, 4.69) is 15.6 Å². The molecule has 3 rings (SSSR count). The van der Waals surface area contributed by atoms with E-state index in [4.69, 9.17) is 4.74 Å². The van der Waals surface area contributed by atoms with Gasteiger partial charge in [-0.1, -0.05) is 0 Å². The Morgan fingerprint density at radius 2 is 2.12 bits per heavy atom. The van der Waals surface area contributed by atoms with Crippen LogP contribution in [0.2, 0.25) is 0 Å². The van der Waals surface area contributed by atoms with Crippen LogP contribution in [0.5, 0.6) is 0 Å². The number of amides is 2. The van der Waals surface area contributed by atoms with Crippen LogP contribution in [0.25, 0.3) is 10.6 Å². The topological polar surface area (TPSA) is 80.3 Å². The van der Waals surface area contributed by atoms with Gasteiger partial charge in [-0.25, -0.2) is 4.98 Å². The molecule has 1 aliphatic rings. The Labute approximate surface area is 148 Å². The van der Waals surface area contributed by atoms with Crippen molar-refractivity contribution in [3.8, 4) is 10.6 Å². The molecule has 0 spiro atoms. The van der Waals surface area contributed by atoms with Gasteiger partial charge in [0, 0.05) is 36.3 Å². The molecule has 0 unspecified atom stereocenters. The van der Waals surface area contributed by atoms with E-state index >= 15 is 0 Å². The summed E-state index contributed by atoms with van der Waals surface area (Å²) >= 11 is 3.02. The van der Waals surface area contributed by atoms with Crippen LogP contribution in [0.3, 0.4) is 0 Å². The molecule has 0 atom stereocenters. The Morgan fingerprint density at radius 1 is 1.33 bits per heavy atom. The Kier molecular flexibility index (Phi) is 5.60. The number of thiophene rings is 1. The molecule has 0 saturated carbocycles. The van der Waals surface area contributed by atoms with Crippen LogP contribution in [-0.4, -0.2) is 30.0 Å². The lowest BCUT2D eigenvalue weighted by atomic mass is 10.00. The number of ether oxygens (including phenoxy) is 1. The average molecular weight is 365 g/mol. The van der Waals surface area contributed by atoms with Gasteiger partial charge in [0.05, 0.1) is 17.1 Å². The third-order valence-corrected chi connectivity index (χ3v) is 5.62. The second-order valence-electron chi connectivity index (χ2n) is 5.59. The second kappa shape index (κ2) is 7.87. The monoisotopic (exact) mass is 365 g/mol. The first-order valence-corrected chi connectivity index (χ1v) is 9.49. The summed E-state index contributed by atoms with van der Waals surface area (Å²) in [6, 6.07) is 3.97. The fourth-order valence-electron chi connectivity index (χ4n) is 2.43. The lowest BCUT2D eigenvalue weighted by molar-refractivity contribution is -0.122. The van der Waals surface area contributed by atoms with Crippen molar-refractivity contribution in [3.63, 3.8) is 0 Å². The van der Waals surface area contributed by atoms with Gasteiger partial charge in [-0.15, -0.1) is 22.7 Å². The minimum absolute atomic E-state index is 0.0112. The van der Waals surface area contributed by atoms with Crippen LogP contribution in [0, 0.1) is 5.92 Å². The zero-order chi connectivity index (χ0) is 16.9. The van der Waals surface area contributed by atoms with Gasteiger partial charge in [0.2, 0.25) is 11.8 Å². The predicted octanol–water partition coefficient (Wildman–Crippen LogP) is 2.87. The maximum atomic E-state index is 12.2. The Hall–Kier alpha value is -1.77. The predicted molar refractivity (Wildman–Crippen MR) is 95.1 cm³/mol. The molecule has 0 radical (unpaired) electrons. The number of carbonyl (C=O) groups excluding carboxylic acids is 2. The molecule has 2 N–H and O–H groups in total. The summed E-state index contributed by atoms with van der Waals surface area (Å²) in [5, 5.41) is 8.25. The third kappa shape index (κ3) is 4.40. The highest BCUT2D eigenvalue weighted by atomic mass is 32.1. The van der Waals surface area contributed by atoms with E-state index < -0.39 is 0 Å². The van der Waals surface area contributed by atoms with E-state index in [0.29, 0.717) is 24.9 Å². The van der Waals surface area contributed by atoms with Crippen LogP contribution < -0.4 is 10.6 Å². The van der Waals surface area contributed by atoms with Crippen LogP contribution in [-0.2, 0) is 20.9 Å². The van der Waals surface area contributed by atoms with Gasteiger partial charge < -0.3 is 15.4 Å².